The van der Waals surface area contributed by atoms with Gasteiger partial charge in [0.15, 0.2) is 0 Å². The average molecular weight is 141 g/mol. The Morgan fingerprint density at radius 1 is 1.80 bits per heavy atom. The molecule has 3 heteroatoms. The Morgan fingerprint density at radius 3 is 2.60 bits per heavy atom. The molecule has 2 N–H and O–H groups in total. The van der Waals surface area contributed by atoms with Crippen LogP contribution in [0.5, 0.6) is 0 Å². The highest BCUT2D eigenvalue weighted by Gasteiger charge is 2.34. The van der Waals surface area contributed by atoms with Crippen molar-refractivity contribution in [2.45, 2.75) is 25.9 Å². The minimum atomic E-state index is -0.545. The zero-order valence-electron chi connectivity index (χ0n) is 6.18. The quantitative estimate of drug-likeness (QED) is 0.543. The highest BCUT2D eigenvalue weighted by molar-refractivity contribution is 5.86. The average Bonchev–Trinajstić information content (AvgIpc) is 2.09. The molecule has 56 valence electrons. The Kier molecular flexibility index (Phi) is 1.43. The predicted molar refractivity (Wildman–Crippen MR) is 37.1 cm³/mol. The summed E-state index contributed by atoms with van der Waals surface area (Å²) in [4.78, 5) is 10.6. The van der Waals surface area contributed by atoms with Crippen LogP contribution in [0.15, 0.2) is 11.8 Å². The number of carbonyl (C=O) groups is 1. The molecule has 0 amide bonds. The molecule has 0 fully saturated rings. The first-order chi connectivity index (χ1) is 4.58. The van der Waals surface area contributed by atoms with Crippen LogP contribution in [0, 0.1) is 0 Å². The molecule has 0 bridgehead atoms. The molecule has 0 aromatic carbocycles. The monoisotopic (exact) mass is 141 g/mol. The van der Waals surface area contributed by atoms with Crippen molar-refractivity contribution in [1.82, 2.24) is 0 Å². The Bertz CT molecular complexity index is 198. The van der Waals surface area contributed by atoms with Crippen LogP contribution in [-0.4, -0.2) is 11.6 Å². The lowest BCUT2D eigenvalue weighted by Gasteiger charge is -2.21. The van der Waals surface area contributed by atoms with Gasteiger partial charge in [-0.15, -0.1) is 0 Å². The molecular weight excluding hydrogens is 130 g/mol. The SMILES string of the molecule is CCC1(C)OC(=O)C=C1N. The number of hydrogen-bond acceptors (Lipinski definition) is 3. The van der Waals surface area contributed by atoms with Gasteiger partial charge in [-0.05, 0) is 13.3 Å². The van der Waals surface area contributed by atoms with Gasteiger partial charge in [0, 0.05) is 6.08 Å². The van der Waals surface area contributed by atoms with Gasteiger partial charge >= 0.3 is 5.97 Å². The third kappa shape index (κ3) is 0.875. The van der Waals surface area contributed by atoms with Crippen molar-refractivity contribution >= 4 is 5.97 Å². The van der Waals surface area contributed by atoms with E-state index >= 15 is 0 Å². The Hall–Kier alpha value is -0.990. The normalized spacial score (nSPS) is 31.8. The van der Waals surface area contributed by atoms with Gasteiger partial charge in [-0.2, -0.15) is 0 Å². The van der Waals surface area contributed by atoms with Crippen molar-refractivity contribution in [3.05, 3.63) is 11.8 Å². The molecule has 10 heavy (non-hydrogen) atoms. The number of hydrogen-bond donors (Lipinski definition) is 1. The summed E-state index contributed by atoms with van der Waals surface area (Å²) in [6.07, 6.45) is 2.06. The standard InChI is InChI=1S/C7H11NO2/c1-3-7(2)5(8)4-6(9)10-7/h4H,3,8H2,1-2H3. The second-order valence-corrected chi connectivity index (χ2v) is 2.61. The summed E-state index contributed by atoms with van der Waals surface area (Å²) in [6, 6.07) is 0. The topological polar surface area (TPSA) is 52.3 Å². The van der Waals surface area contributed by atoms with Crippen LogP contribution in [0.2, 0.25) is 0 Å². The third-order valence-electron chi connectivity index (χ3n) is 1.88. The molecule has 3 nitrogen and oxygen atoms in total. The molecule has 1 heterocycles. The van der Waals surface area contributed by atoms with E-state index in [2.05, 4.69) is 0 Å². The number of rotatable bonds is 1. The molecule has 1 rings (SSSR count). The van der Waals surface area contributed by atoms with Crippen molar-refractivity contribution in [3.8, 4) is 0 Å². The lowest BCUT2D eigenvalue weighted by molar-refractivity contribution is -0.145. The predicted octanol–water partition coefficient (Wildman–Crippen LogP) is 0.555. The van der Waals surface area contributed by atoms with Crippen molar-refractivity contribution in [2.24, 2.45) is 5.73 Å². The Balaban J connectivity index is 2.86. The van der Waals surface area contributed by atoms with Gasteiger partial charge in [0.05, 0.1) is 5.70 Å². The summed E-state index contributed by atoms with van der Waals surface area (Å²) in [6.45, 7) is 3.74. The van der Waals surface area contributed by atoms with Gasteiger partial charge < -0.3 is 10.5 Å². The zero-order chi connectivity index (χ0) is 7.78. The van der Waals surface area contributed by atoms with E-state index in [1.165, 1.54) is 6.08 Å². The van der Waals surface area contributed by atoms with Crippen molar-refractivity contribution in [1.29, 1.82) is 0 Å². The van der Waals surface area contributed by atoms with Crippen molar-refractivity contribution < 1.29 is 9.53 Å². The van der Waals surface area contributed by atoms with Gasteiger partial charge in [-0.25, -0.2) is 4.79 Å². The molecule has 0 radical (unpaired) electrons. The van der Waals surface area contributed by atoms with Crippen molar-refractivity contribution in [3.63, 3.8) is 0 Å². The third-order valence-corrected chi connectivity index (χ3v) is 1.88. The molecule has 0 aromatic rings. The molecule has 0 aromatic heterocycles. The van der Waals surface area contributed by atoms with E-state index < -0.39 is 5.60 Å². The minimum Gasteiger partial charge on any atom is -0.450 e. The van der Waals surface area contributed by atoms with Crippen LogP contribution in [0.3, 0.4) is 0 Å². The molecule has 1 atom stereocenters. The van der Waals surface area contributed by atoms with E-state index in [1.807, 2.05) is 13.8 Å². The largest absolute Gasteiger partial charge is 0.450 e. The smallest absolute Gasteiger partial charge is 0.333 e. The van der Waals surface area contributed by atoms with Gasteiger partial charge in [-0.3, -0.25) is 0 Å². The number of nitrogens with two attached hydrogens (primary N) is 1. The summed E-state index contributed by atoms with van der Waals surface area (Å²) in [5.41, 5.74) is 5.51. The number of ether oxygens (including phenoxy) is 1. The first-order valence-electron chi connectivity index (χ1n) is 3.29. The maximum absolute atomic E-state index is 10.6. The fourth-order valence-electron chi connectivity index (χ4n) is 0.866. The number of cyclic esters (lactones) is 1. The van der Waals surface area contributed by atoms with Crippen LogP contribution >= 0.6 is 0 Å². The van der Waals surface area contributed by atoms with Crippen LogP contribution < -0.4 is 5.73 Å². The summed E-state index contributed by atoms with van der Waals surface area (Å²) in [5, 5.41) is 0. The fourth-order valence-corrected chi connectivity index (χ4v) is 0.866. The summed E-state index contributed by atoms with van der Waals surface area (Å²) in [7, 11) is 0. The molecule has 0 saturated carbocycles. The first kappa shape index (κ1) is 7.12. The fraction of sp³-hybridized carbons (Fsp3) is 0.571. The van der Waals surface area contributed by atoms with E-state index in [1.54, 1.807) is 0 Å². The zero-order valence-corrected chi connectivity index (χ0v) is 6.18. The molecule has 1 aliphatic rings. The maximum atomic E-state index is 10.6. The first-order valence-corrected chi connectivity index (χ1v) is 3.29. The van der Waals surface area contributed by atoms with Crippen LogP contribution in [0.1, 0.15) is 20.3 Å². The minimum absolute atomic E-state index is 0.332. The van der Waals surface area contributed by atoms with E-state index in [0.29, 0.717) is 5.70 Å². The molecule has 0 aliphatic carbocycles. The van der Waals surface area contributed by atoms with Gasteiger partial charge in [0.25, 0.3) is 0 Å². The summed E-state index contributed by atoms with van der Waals surface area (Å²) >= 11 is 0. The molecule has 0 saturated heterocycles. The lowest BCUT2D eigenvalue weighted by Crippen LogP contribution is -2.30. The summed E-state index contributed by atoms with van der Waals surface area (Å²) in [5.74, 6) is -0.332. The Morgan fingerprint density at radius 2 is 2.40 bits per heavy atom. The highest BCUT2D eigenvalue weighted by Crippen LogP contribution is 2.26. The molecular formula is C7H11NO2. The van der Waals surface area contributed by atoms with Crippen molar-refractivity contribution in [2.75, 3.05) is 0 Å². The second kappa shape index (κ2) is 2.01. The van der Waals surface area contributed by atoms with Crippen LogP contribution in [-0.2, 0) is 9.53 Å². The molecule has 1 aliphatic heterocycles. The Labute approximate surface area is 59.8 Å². The lowest BCUT2D eigenvalue weighted by atomic mass is 10.0. The second-order valence-electron chi connectivity index (χ2n) is 2.61. The van der Waals surface area contributed by atoms with Crippen LogP contribution in [0.4, 0.5) is 0 Å². The van der Waals surface area contributed by atoms with E-state index in [9.17, 15) is 4.79 Å². The number of carbonyl (C=O) groups excluding carboxylic acids is 1. The van der Waals surface area contributed by atoms with Gasteiger partial charge in [0.1, 0.15) is 5.60 Å². The van der Waals surface area contributed by atoms with E-state index in [4.69, 9.17) is 10.5 Å². The molecule has 1 unspecified atom stereocenters. The van der Waals surface area contributed by atoms with Crippen LogP contribution in [0.25, 0.3) is 0 Å². The maximum Gasteiger partial charge on any atom is 0.333 e. The van der Waals surface area contributed by atoms with Gasteiger partial charge in [-0.1, -0.05) is 6.92 Å². The molecule has 0 spiro atoms. The summed E-state index contributed by atoms with van der Waals surface area (Å²) < 4.78 is 4.95. The number of esters is 1. The highest BCUT2D eigenvalue weighted by atomic mass is 16.6. The van der Waals surface area contributed by atoms with Gasteiger partial charge in [0.2, 0.25) is 0 Å². The van der Waals surface area contributed by atoms with E-state index in [0.717, 1.165) is 6.42 Å². The van der Waals surface area contributed by atoms with E-state index in [-0.39, 0.29) is 5.97 Å².